The van der Waals surface area contributed by atoms with Crippen LogP contribution in [0, 0.1) is 5.41 Å². The minimum Gasteiger partial charge on any atom is -0.395 e. The van der Waals surface area contributed by atoms with Gasteiger partial charge < -0.3 is 9.90 Å². The lowest BCUT2D eigenvalue weighted by atomic mass is 9.89. The SMILES string of the molecule is CCC(C)(C=O)CN(CCO)C1CC1. The quantitative estimate of drug-likeness (QED) is 0.623. The van der Waals surface area contributed by atoms with Crippen LogP contribution in [0.1, 0.15) is 33.1 Å². The summed E-state index contributed by atoms with van der Waals surface area (Å²) < 4.78 is 0. The molecule has 0 spiro atoms. The van der Waals surface area contributed by atoms with Crippen LogP contribution in [0.3, 0.4) is 0 Å². The maximum absolute atomic E-state index is 11.0. The van der Waals surface area contributed by atoms with E-state index in [0.29, 0.717) is 12.6 Å². The third kappa shape index (κ3) is 3.07. The fourth-order valence-corrected chi connectivity index (χ4v) is 1.66. The molecule has 0 radical (unpaired) electrons. The van der Waals surface area contributed by atoms with Crippen LogP contribution in [0.15, 0.2) is 0 Å². The summed E-state index contributed by atoms with van der Waals surface area (Å²) in [4.78, 5) is 13.2. The van der Waals surface area contributed by atoms with Gasteiger partial charge in [0.25, 0.3) is 0 Å². The summed E-state index contributed by atoms with van der Waals surface area (Å²) in [5.41, 5.74) is -0.238. The van der Waals surface area contributed by atoms with Crippen LogP contribution in [0.25, 0.3) is 0 Å². The molecule has 1 unspecified atom stereocenters. The maximum Gasteiger partial charge on any atom is 0.127 e. The Morgan fingerprint density at radius 3 is 2.57 bits per heavy atom. The van der Waals surface area contributed by atoms with E-state index in [4.69, 9.17) is 5.11 Å². The predicted molar refractivity (Wildman–Crippen MR) is 56.1 cm³/mol. The van der Waals surface area contributed by atoms with Crippen LogP contribution in [-0.2, 0) is 4.79 Å². The molecule has 0 aromatic heterocycles. The van der Waals surface area contributed by atoms with Crippen molar-refractivity contribution in [2.75, 3.05) is 19.7 Å². The maximum atomic E-state index is 11.0. The van der Waals surface area contributed by atoms with Crippen LogP contribution in [-0.4, -0.2) is 42.0 Å². The van der Waals surface area contributed by atoms with Gasteiger partial charge in [-0.3, -0.25) is 4.90 Å². The highest BCUT2D eigenvalue weighted by atomic mass is 16.3. The Hall–Kier alpha value is -0.410. The molecule has 0 aromatic carbocycles. The van der Waals surface area contributed by atoms with Crippen molar-refractivity contribution in [2.45, 2.75) is 39.2 Å². The first kappa shape index (κ1) is 11.7. The molecule has 1 N–H and O–H groups in total. The topological polar surface area (TPSA) is 40.5 Å². The number of aliphatic hydroxyl groups excluding tert-OH is 1. The van der Waals surface area contributed by atoms with E-state index >= 15 is 0 Å². The molecule has 3 heteroatoms. The second-order valence-corrected chi connectivity index (χ2v) is 4.55. The van der Waals surface area contributed by atoms with E-state index in [1.807, 2.05) is 13.8 Å². The van der Waals surface area contributed by atoms with Crippen molar-refractivity contribution in [3.05, 3.63) is 0 Å². The average Bonchev–Trinajstić information content (AvgIpc) is 3.00. The summed E-state index contributed by atoms with van der Waals surface area (Å²) in [6, 6.07) is 0.618. The lowest BCUT2D eigenvalue weighted by Gasteiger charge is -2.30. The van der Waals surface area contributed by atoms with E-state index in [1.54, 1.807) is 0 Å². The number of nitrogens with zero attached hydrogens (tertiary/aromatic N) is 1. The minimum atomic E-state index is -0.238. The van der Waals surface area contributed by atoms with Crippen LogP contribution in [0.5, 0.6) is 0 Å². The summed E-state index contributed by atoms with van der Waals surface area (Å²) in [7, 11) is 0. The van der Waals surface area contributed by atoms with Crippen molar-refractivity contribution >= 4 is 6.29 Å². The third-order valence-electron chi connectivity index (χ3n) is 3.11. The van der Waals surface area contributed by atoms with Gasteiger partial charge in [-0.1, -0.05) is 13.8 Å². The number of hydrogen-bond donors (Lipinski definition) is 1. The van der Waals surface area contributed by atoms with E-state index in [2.05, 4.69) is 4.90 Å². The molecule has 1 saturated carbocycles. The van der Waals surface area contributed by atoms with E-state index < -0.39 is 0 Å². The third-order valence-corrected chi connectivity index (χ3v) is 3.11. The molecule has 3 nitrogen and oxygen atoms in total. The Morgan fingerprint density at radius 2 is 2.21 bits per heavy atom. The molecule has 0 aromatic rings. The Balaban J connectivity index is 2.47. The first-order valence-corrected chi connectivity index (χ1v) is 5.46. The lowest BCUT2D eigenvalue weighted by molar-refractivity contribution is -0.116. The lowest BCUT2D eigenvalue weighted by Crippen LogP contribution is -2.39. The summed E-state index contributed by atoms with van der Waals surface area (Å²) in [6.45, 7) is 5.71. The van der Waals surface area contributed by atoms with Crippen molar-refractivity contribution in [3.8, 4) is 0 Å². The first-order valence-electron chi connectivity index (χ1n) is 5.46. The van der Waals surface area contributed by atoms with Gasteiger partial charge in [-0.05, 0) is 19.3 Å². The van der Waals surface area contributed by atoms with Crippen LogP contribution in [0.4, 0.5) is 0 Å². The van der Waals surface area contributed by atoms with Gasteiger partial charge in [-0.15, -0.1) is 0 Å². The number of aldehydes is 1. The minimum absolute atomic E-state index is 0.190. The van der Waals surface area contributed by atoms with E-state index in [1.165, 1.54) is 12.8 Å². The van der Waals surface area contributed by atoms with Crippen LogP contribution in [0.2, 0.25) is 0 Å². The fraction of sp³-hybridized carbons (Fsp3) is 0.909. The van der Waals surface area contributed by atoms with Crippen molar-refractivity contribution in [1.82, 2.24) is 4.90 Å². The van der Waals surface area contributed by atoms with Gasteiger partial charge in [-0.25, -0.2) is 0 Å². The van der Waals surface area contributed by atoms with Crippen molar-refractivity contribution in [2.24, 2.45) is 5.41 Å². The van der Waals surface area contributed by atoms with Crippen LogP contribution < -0.4 is 0 Å². The average molecular weight is 199 g/mol. The van der Waals surface area contributed by atoms with Gasteiger partial charge in [0.1, 0.15) is 6.29 Å². The molecule has 82 valence electrons. The van der Waals surface area contributed by atoms with E-state index in [9.17, 15) is 4.79 Å². The van der Waals surface area contributed by atoms with Crippen LogP contribution >= 0.6 is 0 Å². The smallest absolute Gasteiger partial charge is 0.127 e. The monoisotopic (exact) mass is 199 g/mol. The second kappa shape index (κ2) is 4.89. The Bertz CT molecular complexity index is 192. The molecule has 14 heavy (non-hydrogen) atoms. The molecule has 1 fully saturated rings. The zero-order valence-electron chi connectivity index (χ0n) is 9.20. The zero-order valence-corrected chi connectivity index (χ0v) is 9.20. The molecule has 0 bridgehead atoms. The largest absolute Gasteiger partial charge is 0.395 e. The summed E-state index contributed by atoms with van der Waals surface area (Å²) in [5.74, 6) is 0. The first-order chi connectivity index (χ1) is 6.65. The van der Waals surface area contributed by atoms with Crippen molar-refractivity contribution in [1.29, 1.82) is 0 Å². The van der Waals surface area contributed by atoms with Gasteiger partial charge in [0.2, 0.25) is 0 Å². The Morgan fingerprint density at radius 1 is 1.57 bits per heavy atom. The Kier molecular flexibility index (Phi) is 4.08. The highest BCUT2D eigenvalue weighted by molar-refractivity contribution is 5.58. The summed E-state index contributed by atoms with van der Waals surface area (Å²) in [6.07, 6.45) is 4.36. The molecule has 0 heterocycles. The number of aliphatic hydroxyl groups is 1. The molecule has 0 amide bonds. The predicted octanol–water partition coefficient (Wildman–Crippen LogP) is 1.06. The fourth-order valence-electron chi connectivity index (χ4n) is 1.66. The summed E-state index contributed by atoms with van der Waals surface area (Å²) in [5, 5.41) is 8.93. The highest BCUT2D eigenvalue weighted by Gasteiger charge is 2.33. The zero-order chi connectivity index (χ0) is 10.6. The molecule has 1 aliphatic carbocycles. The Labute approximate surface area is 86.1 Å². The van der Waals surface area contributed by atoms with Gasteiger partial charge >= 0.3 is 0 Å². The number of rotatable bonds is 7. The van der Waals surface area contributed by atoms with Gasteiger partial charge in [0.05, 0.1) is 6.61 Å². The molecule has 0 saturated heterocycles. The molecular weight excluding hydrogens is 178 g/mol. The van der Waals surface area contributed by atoms with E-state index in [-0.39, 0.29) is 12.0 Å². The molecular formula is C11H21NO2. The van der Waals surface area contributed by atoms with Crippen molar-refractivity contribution in [3.63, 3.8) is 0 Å². The number of carbonyl (C=O) groups excluding carboxylic acids is 1. The molecule has 1 rings (SSSR count). The van der Waals surface area contributed by atoms with Gasteiger partial charge in [0, 0.05) is 24.5 Å². The van der Waals surface area contributed by atoms with Gasteiger partial charge in [0.15, 0.2) is 0 Å². The molecule has 1 aliphatic rings. The number of carbonyl (C=O) groups is 1. The van der Waals surface area contributed by atoms with Gasteiger partial charge in [-0.2, -0.15) is 0 Å². The van der Waals surface area contributed by atoms with Crippen molar-refractivity contribution < 1.29 is 9.90 Å². The second-order valence-electron chi connectivity index (χ2n) is 4.55. The molecule has 0 aliphatic heterocycles. The number of hydrogen-bond acceptors (Lipinski definition) is 3. The highest BCUT2D eigenvalue weighted by Crippen LogP contribution is 2.30. The molecule has 1 atom stereocenters. The van der Waals surface area contributed by atoms with E-state index in [0.717, 1.165) is 19.3 Å². The summed E-state index contributed by atoms with van der Waals surface area (Å²) >= 11 is 0. The standard InChI is InChI=1S/C11H21NO2/c1-3-11(2,9-14)8-12(6-7-13)10-4-5-10/h9-10,13H,3-8H2,1-2H3. The normalized spacial score (nSPS) is 20.9.